The molecule has 0 aliphatic heterocycles. The highest BCUT2D eigenvalue weighted by molar-refractivity contribution is 7.89. The van der Waals surface area contributed by atoms with Gasteiger partial charge in [-0.3, -0.25) is 9.69 Å². The standard InChI is InChI=1S/C26H36N4O5S2/c1-6-20-7-12-23-24(19-20)36-26(27-23)30(14-13-28(2)3)25(31)21-8-10-22(11-9-21)37(32,33)29(15-17-34-4)16-18-35-5/h7-12,19H,6,13-18H2,1-5H3. The van der Waals surface area contributed by atoms with Crippen LogP contribution in [-0.4, -0.2) is 96.2 Å². The fourth-order valence-electron chi connectivity index (χ4n) is 3.69. The van der Waals surface area contributed by atoms with Gasteiger partial charge < -0.3 is 14.4 Å². The van der Waals surface area contributed by atoms with Crippen LogP contribution in [0.5, 0.6) is 0 Å². The second-order valence-corrected chi connectivity index (χ2v) is 11.8. The average Bonchev–Trinajstić information content (AvgIpc) is 3.31. The van der Waals surface area contributed by atoms with E-state index in [0.29, 0.717) is 23.8 Å². The van der Waals surface area contributed by atoms with Gasteiger partial charge in [-0.25, -0.2) is 13.4 Å². The maximum absolute atomic E-state index is 13.6. The first kappa shape index (κ1) is 29.2. The van der Waals surface area contributed by atoms with Crippen LogP contribution in [-0.2, 0) is 25.9 Å². The van der Waals surface area contributed by atoms with Gasteiger partial charge in [-0.05, 0) is 62.5 Å². The maximum atomic E-state index is 13.6. The molecule has 11 heteroatoms. The number of ether oxygens (including phenoxy) is 2. The second-order valence-electron chi connectivity index (χ2n) is 8.83. The molecule has 0 radical (unpaired) electrons. The highest BCUT2D eigenvalue weighted by Gasteiger charge is 2.26. The SMILES string of the molecule is CCc1ccc2nc(N(CCN(C)C)C(=O)c3ccc(S(=O)(=O)N(CCOC)CCOC)cc3)sc2c1. The summed E-state index contributed by atoms with van der Waals surface area (Å²) in [5, 5.41) is 0.622. The first-order valence-electron chi connectivity index (χ1n) is 12.2. The lowest BCUT2D eigenvalue weighted by atomic mass is 10.2. The highest BCUT2D eigenvalue weighted by Crippen LogP contribution is 2.31. The van der Waals surface area contributed by atoms with E-state index in [1.165, 1.54) is 47.6 Å². The molecule has 0 atom stereocenters. The molecule has 1 aromatic heterocycles. The molecule has 0 spiro atoms. The number of hydrogen-bond acceptors (Lipinski definition) is 8. The zero-order valence-corrected chi connectivity index (χ0v) is 23.8. The Hall–Kier alpha value is -2.41. The largest absolute Gasteiger partial charge is 0.383 e. The lowest BCUT2D eigenvalue weighted by molar-refractivity contribution is 0.0985. The van der Waals surface area contributed by atoms with Crippen LogP contribution in [0.3, 0.4) is 0 Å². The van der Waals surface area contributed by atoms with Crippen molar-refractivity contribution < 1.29 is 22.7 Å². The molecular formula is C26H36N4O5S2. The lowest BCUT2D eigenvalue weighted by Crippen LogP contribution is -2.37. The van der Waals surface area contributed by atoms with E-state index in [1.54, 1.807) is 17.0 Å². The quantitative estimate of drug-likeness (QED) is 0.305. The number of carbonyl (C=O) groups excluding carboxylic acids is 1. The number of amides is 1. The number of hydrogen-bond donors (Lipinski definition) is 0. The van der Waals surface area contributed by atoms with Crippen LogP contribution in [0.15, 0.2) is 47.4 Å². The molecule has 0 saturated heterocycles. The third-order valence-electron chi connectivity index (χ3n) is 5.93. The molecule has 0 aliphatic carbocycles. The van der Waals surface area contributed by atoms with E-state index in [0.717, 1.165) is 16.6 Å². The average molecular weight is 549 g/mol. The highest BCUT2D eigenvalue weighted by atomic mass is 32.2. The number of sulfonamides is 1. The van der Waals surface area contributed by atoms with Gasteiger partial charge >= 0.3 is 0 Å². The number of likely N-dealkylation sites (N-methyl/N-ethyl adjacent to an activating group) is 1. The van der Waals surface area contributed by atoms with Crippen LogP contribution in [0.1, 0.15) is 22.8 Å². The van der Waals surface area contributed by atoms with E-state index in [2.05, 4.69) is 19.1 Å². The minimum absolute atomic E-state index is 0.114. The Morgan fingerprint density at radius 3 is 2.16 bits per heavy atom. The predicted molar refractivity (Wildman–Crippen MR) is 148 cm³/mol. The van der Waals surface area contributed by atoms with Gasteiger partial charge in [0.2, 0.25) is 10.0 Å². The van der Waals surface area contributed by atoms with Crippen molar-refractivity contribution in [3.63, 3.8) is 0 Å². The molecule has 0 saturated carbocycles. The van der Waals surface area contributed by atoms with E-state index in [4.69, 9.17) is 14.5 Å². The van der Waals surface area contributed by atoms with Crippen LogP contribution < -0.4 is 4.90 Å². The molecule has 0 unspecified atom stereocenters. The summed E-state index contributed by atoms with van der Waals surface area (Å²) in [5.41, 5.74) is 2.47. The van der Waals surface area contributed by atoms with E-state index in [-0.39, 0.29) is 37.1 Å². The first-order chi connectivity index (χ1) is 17.7. The number of thiazole rings is 1. The van der Waals surface area contributed by atoms with Gasteiger partial charge in [0.05, 0.1) is 28.3 Å². The van der Waals surface area contributed by atoms with Crippen molar-refractivity contribution in [1.29, 1.82) is 0 Å². The molecule has 0 aliphatic rings. The molecule has 2 aromatic carbocycles. The van der Waals surface area contributed by atoms with E-state index < -0.39 is 10.0 Å². The van der Waals surface area contributed by atoms with Crippen molar-refractivity contribution in [1.82, 2.24) is 14.2 Å². The van der Waals surface area contributed by atoms with Gasteiger partial charge in [0, 0.05) is 46.0 Å². The van der Waals surface area contributed by atoms with E-state index in [9.17, 15) is 13.2 Å². The van der Waals surface area contributed by atoms with Gasteiger partial charge in [-0.2, -0.15) is 4.31 Å². The molecule has 202 valence electrons. The predicted octanol–water partition coefficient (Wildman–Crippen LogP) is 3.35. The summed E-state index contributed by atoms with van der Waals surface area (Å²) in [7, 11) is 3.18. The Kier molecular flexibility index (Phi) is 10.6. The smallest absolute Gasteiger partial charge is 0.260 e. The van der Waals surface area contributed by atoms with Crippen LogP contribution in [0.2, 0.25) is 0 Å². The summed E-state index contributed by atoms with van der Waals surface area (Å²) in [5.74, 6) is -0.226. The number of carbonyl (C=O) groups is 1. The van der Waals surface area contributed by atoms with Crippen LogP contribution >= 0.6 is 11.3 Å². The maximum Gasteiger partial charge on any atom is 0.260 e. The number of methoxy groups -OCH3 is 2. The Labute approximate surface area is 223 Å². The molecule has 1 heterocycles. The number of fused-ring (bicyclic) bond motifs is 1. The van der Waals surface area contributed by atoms with Crippen molar-refractivity contribution in [3.8, 4) is 0 Å². The summed E-state index contributed by atoms with van der Waals surface area (Å²) in [6.07, 6.45) is 0.927. The van der Waals surface area contributed by atoms with Crippen molar-refractivity contribution in [2.24, 2.45) is 0 Å². The first-order valence-corrected chi connectivity index (χ1v) is 14.4. The fourth-order valence-corrected chi connectivity index (χ4v) is 6.15. The van der Waals surface area contributed by atoms with Crippen LogP contribution in [0, 0.1) is 0 Å². The molecule has 0 fully saturated rings. The summed E-state index contributed by atoms with van der Waals surface area (Å²) < 4.78 is 38.9. The molecule has 3 aromatic rings. The van der Waals surface area contributed by atoms with Gasteiger partial charge in [0.1, 0.15) is 0 Å². The zero-order chi connectivity index (χ0) is 27.0. The van der Waals surface area contributed by atoms with Crippen molar-refractivity contribution in [2.75, 3.05) is 72.6 Å². The molecular weight excluding hydrogens is 512 g/mol. The molecule has 1 amide bonds. The fraction of sp³-hybridized carbons (Fsp3) is 0.462. The van der Waals surface area contributed by atoms with E-state index >= 15 is 0 Å². The minimum atomic E-state index is -3.77. The van der Waals surface area contributed by atoms with Crippen molar-refractivity contribution >= 4 is 42.6 Å². The number of aryl methyl sites for hydroxylation is 1. The molecule has 9 nitrogen and oxygen atoms in total. The molecule has 3 rings (SSSR count). The van der Waals surface area contributed by atoms with Gasteiger partial charge in [0.15, 0.2) is 5.13 Å². The minimum Gasteiger partial charge on any atom is -0.383 e. The van der Waals surface area contributed by atoms with Crippen LogP contribution in [0.4, 0.5) is 5.13 Å². The third kappa shape index (κ3) is 7.34. The van der Waals surface area contributed by atoms with Crippen LogP contribution in [0.25, 0.3) is 10.2 Å². The van der Waals surface area contributed by atoms with Crippen molar-refractivity contribution in [2.45, 2.75) is 18.2 Å². The monoisotopic (exact) mass is 548 g/mol. The summed E-state index contributed by atoms with van der Waals surface area (Å²) in [6.45, 7) is 4.16. The zero-order valence-electron chi connectivity index (χ0n) is 22.1. The Morgan fingerprint density at radius 2 is 1.59 bits per heavy atom. The van der Waals surface area contributed by atoms with E-state index in [1.807, 2.05) is 25.1 Å². The molecule has 37 heavy (non-hydrogen) atoms. The Bertz CT molecular complexity index is 1270. The number of nitrogens with zero attached hydrogens (tertiary/aromatic N) is 4. The number of benzene rings is 2. The lowest BCUT2D eigenvalue weighted by Gasteiger charge is -2.23. The Morgan fingerprint density at radius 1 is 0.946 bits per heavy atom. The molecule has 0 bridgehead atoms. The topological polar surface area (TPSA) is 92.3 Å². The number of aromatic nitrogens is 1. The molecule has 0 N–H and O–H groups in total. The van der Waals surface area contributed by atoms with Gasteiger partial charge in [-0.1, -0.05) is 24.3 Å². The number of anilines is 1. The summed E-state index contributed by atoms with van der Waals surface area (Å²) >= 11 is 1.49. The second kappa shape index (κ2) is 13.4. The number of rotatable bonds is 14. The third-order valence-corrected chi connectivity index (χ3v) is 8.88. The summed E-state index contributed by atoms with van der Waals surface area (Å²) in [6, 6.07) is 12.2. The Balaban J connectivity index is 1.89. The van der Waals surface area contributed by atoms with Crippen molar-refractivity contribution in [3.05, 3.63) is 53.6 Å². The van der Waals surface area contributed by atoms with Gasteiger partial charge in [0.25, 0.3) is 5.91 Å². The van der Waals surface area contributed by atoms with Gasteiger partial charge in [-0.15, -0.1) is 0 Å². The normalized spacial score (nSPS) is 12.1. The summed E-state index contributed by atoms with van der Waals surface area (Å²) in [4.78, 5) is 22.1.